The molecule has 0 aliphatic rings. The average Bonchev–Trinajstić information content (AvgIpc) is 3.03. The van der Waals surface area contributed by atoms with Gasteiger partial charge in [-0.15, -0.1) is 0 Å². The van der Waals surface area contributed by atoms with E-state index < -0.39 is 18.9 Å². The van der Waals surface area contributed by atoms with Crippen molar-refractivity contribution in [3.63, 3.8) is 0 Å². The molecule has 0 amide bonds. The summed E-state index contributed by atoms with van der Waals surface area (Å²) in [5.74, 6) is 0. The van der Waals surface area contributed by atoms with Crippen LogP contribution in [-0.4, -0.2) is 45.0 Å². The third kappa shape index (κ3) is 3.49. The molecule has 0 radical (unpaired) electrons. The summed E-state index contributed by atoms with van der Waals surface area (Å²) in [4.78, 5) is 4.55. The van der Waals surface area contributed by atoms with E-state index in [9.17, 15) is 14.6 Å². The maximum Gasteiger partial charge on any atom is 0.137 e. The first-order valence-corrected chi connectivity index (χ1v) is 7.37. The van der Waals surface area contributed by atoms with E-state index in [0.29, 0.717) is 0 Å². The molecule has 23 heavy (non-hydrogen) atoms. The number of rotatable bonds is 6. The number of imidazole rings is 1. The van der Waals surface area contributed by atoms with E-state index >= 15 is 0 Å². The number of aromatic nitrogens is 2. The Balaban J connectivity index is 1.69. The van der Waals surface area contributed by atoms with Gasteiger partial charge in [-0.1, -0.05) is 18.2 Å². The van der Waals surface area contributed by atoms with Crippen molar-refractivity contribution < 1.29 is 14.6 Å². The van der Waals surface area contributed by atoms with Crippen molar-refractivity contribution in [2.24, 2.45) is 0 Å². The van der Waals surface area contributed by atoms with Crippen LogP contribution >= 0.6 is 0 Å². The molecule has 0 bridgehead atoms. The van der Waals surface area contributed by atoms with E-state index in [4.69, 9.17) is 0 Å². The SMILES string of the molecule is OC(CF)C(O)CNc1ccc(-c2cn3ccccc3n2)cc1. The molecule has 2 atom stereocenters. The Morgan fingerprint density at radius 3 is 2.57 bits per heavy atom. The molecule has 2 unspecified atom stereocenters. The normalized spacial score (nSPS) is 13.9. The van der Waals surface area contributed by atoms with Gasteiger partial charge in [0, 0.05) is 30.2 Å². The van der Waals surface area contributed by atoms with Crippen molar-refractivity contribution in [1.29, 1.82) is 0 Å². The van der Waals surface area contributed by atoms with Crippen LogP contribution in [0.15, 0.2) is 54.9 Å². The van der Waals surface area contributed by atoms with Crippen LogP contribution in [0.5, 0.6) is 0 Å². The molecule has 5 nitrogen and oxygen atoms in total. The number of alkyl halides is 1. The minimum Gasteiger partial charge on any atom is -0.388 e. The lowest BCUT2D eigenvalue weighted by Crippen LogP contribution is -2.34. The summed E-state index contributed by atoms with van der Waals surface area (Å²) in [6, 6.07) is 13.4. The van der Waals surface area contributed by atoms with Crippen molar-refractivity contribution in [1.82, 2.24) is 9.38 Å². The maximum atomic E-state index is 12.2. The Morgan fingerprint density at radius 2 is 1.87 bits per heavy atom. The van der Waals surface area contributed by atoms with Crippen molar-refractivity contribution in [2.45, 2.75) is 12.2 Å². The second-order valence-electron chi connectivity index (χ2n) is 5.34. The Bertz CT molecular complexity index is 740. The van der Waals surface area contributed by atoms with Gasteiger partial charge in [-0.3, -0.25) is 0 Å². The molecule has 0 spiro atoms. The fourth-order valence-corrected chi connectivity index (χ4v) is 2.29. The third-order valence-electron chi connectivity index (χ3n) is 3.66. The molecule has 2 aromatic heterocycles. The van der Waals surface area contributed by atoms with Gasteiger partial charge < -0.3 is 19.9 Å². The lowest BCUT2D eigenvalue weighted by Gasteiger charge is -2.16. The Kier molecular flexibility index (Phi) is 4.55. The monoisotopic (exact) mass is 315 g/mol. The summed E-state index contributed by atoms with van der Waals surface area (Å²) in [5, 5.41) is 21.7. The first-order chi connectivity index (χ1) is 11.2. The predicted octanol–water partition coefficient (Wildman–Crippen LogP) is 2.10. The highest BCUT2D eigenvalue weighted by atomic mass is 19.1. The smallest absolute Gasteiger partial charge is 0.137 e. The standard InChI is InChI=1S/C17H18FN3O2/c18-9-15(22)16(23)10-19-13-6-4-12(5-7-13)14-11-21-8-2-1-3-17(21)20-14/h1-8,11,15-16,19,22-23H,9-10H2. The highest BCUT2D eigenvalue weighted by Crippen LogP contribution is 2.21. The summed E-state index contributed by atoms with van der Waals surface area (Å²) in [5.41, 5.74) is 3.51. The molecule has 3 aromatic rings. The van der Waals surface area contributed by atoms with Crippen LogP contribution in [0.25, 0.3) is 16.9 Å². The number of benzene rings is 1. The largest absolute Gasteiger partial charge is 0.388 e. The van der Waals surface area contributed by atoms with E-state index in [0.717, 1.165) is 22.6 Å². The molecule has 0 aliphatic carbocycles. The van der Waals surface area contributed by atoms with Crippen LogP contribution in [-0.2, 0) is 0 Å². The molecule has 1 aromatic carbocycles. The molecule has 3 N–H and O–H groups in total. The number of pyridine rings is 1. The number of nitrogens with one attached hydrogen (secondary N) is 1. The molecule has 3 rings (SSSR count). The second-order valence-corrected chi connectivity index (χ2v) is 5.34. The fraction of sp³-hybridized carbons (Fsp3) is 0.235. The second kappa shape index (κ2) is 6.76. The van der Waals surface area contributed by atoms with Gasteiger partial charge in [0.05, 0.1) is 11.8 Å². The van der Waals surface area contributed by atoms with E-state index in [1.54, 1.807) is 0 Å². The number of aliphatic hydroxyl groups excluding tert-OH is 2. The summed E-state index contributed by atoms with van der Waals surface area (Å²) < 4.78 is 14.2. The van der Waals surface area contributed by atoms with Gasteiger partial charge in [-0.05, 0) is 24.3 Å². The highest BCUT2D eigenvalue weighted by molar-refractivity contribution is 5.65. The van der Waals surface area contributed by atoms with Gasteiger partial charge in [-0.2, -0.15) is 0 Å². The van der Waals surface area contributed by atoms with Crippen LogP contribution in [0, 0.1) is 0 Å². The van der Waals surface area contributed by atoms with E-state index in [1.807, 2.05) is 59.3 Å². The molecule has 0 saturated heterocycles. The average molecular weight is 315 g/mol. The molecular formula is C17H18FN3O2. The van der Waals surface area contributed by atoms with Crippen LogP contribution in [0.1, 0.15) is 0 Å². The number of hydrogen-bond acceptors (Lipinski definition) is 4. The molecule has 6 heteroatoms. The number of fused-ring (bicyclic) bond motifs is 1. The first kappa shape index (κ1) is 15.5. The Labute approximate surface area is 133 Å². The number of halogens is 1. The molecule has 2 heterocycles. The first-order valence-electron chi connectivity index (χ1n) is 7.37. The lowest BCUT2D eigenvalue weighted by molar-refractivity contribution is 0.0130. The summed E-state index contributed by atoms with van der Waals surface area (Å²) >= 11 is 0. The highest BCUT2D eigenvalue weighted by Gasteiger charge is 2.15. The van der Waals surface area contributed by atoms with Gasteiger partial charge in [-0.25, -0.2) is 9.37 Å². The van der Waals surface area contributed by atoms with E-state index in [2.05, 4.69) is 10.3 Å². The van der Waals surface area contributed by atoms with Gasteiger partial charge in [0.15, 0.2) is 0 Å². The number of hydrogen-bond donors (Lipinski definition) is 3. The maximum absolute atomic E-state index is 12.2. The molecule has 120 valence electrons. The van der Waals surface area contributed by atoms with Gasteiger partial charge in [0.25, 0.3) is 0 Å². The molecular weight excluding hydrogens is 297 g/mol. The van der Waals surface area contributed by atoms with Crippen molar-refractivity contribution in [3.8, 4) is 11.3 Å². The fourth-order valence-electron chi connectivity index (χ4n) is 2.29. The predicted molar refractivity (Wildman–Crippen MR) is 87.1 cm³/mol. The third-order valence-corrected chi connectivity index (χ3v) is 3.66. The van der Waals surface area contributed by atoms with Crippen LogP contribution in [0.4, 0.5) is 10.1 Å². The van der Waals surface area contributed by atoms with Gasteiger partial charge in [0.2, 0.25) is 0 Å². The van der Waals surface area contributed by atoms with Crippen LogP contribution in [0.2, 0.25) is 0 Å². The van der Waals surface area contributed by atoms with Gasteiger partial charge >= 0.3 is 0 Å². The van der Waals surface area contributed by atoms with Crippen LogP contribution < -0.4 is 5.32 Å². The number of anilines is 1. The lowest BCUT2D eigenvalue weighted by atomic mass is 10.1. The summed E-state index contributed by atoms with van der Waals surface area (Å²) in [6.45, 7) is -0.880. The van der Waals surface area contributed by atoms with Crippen molar-refractivity contribution in [2.75, 3.05) is 18.5 Å². The Hall–Kier alpha value is -2.44. The van der Waals surface area contributed by atoms with E-state index in [-0.39, 0.29) is 6.54 Å². The van der Waals surface area contributed by atoms with Gasteiger partial charge in [0.1, 0.15) is 18.4 Å². The van der Waals surface area contributed by atoms with Crippen LogP contribution in [0.3, 0.4) is 0 Å². The molecule has 0 saturated carbocycles. The van der Waals surface area contributed by atoms with E-state index in [1.165, 1.54) is 0 Å². The minimum absolute atomic E-state index is 0.0821. The minimum atomic E-state index is -1.36. The quantitative estimate of drug-likeness (QED) is 0.651. The molecule has 0 fully saturated rings. The summed E-state index contributed by atoms with van der Waals surface area (Å²) in [7, 11) is 0. The Morgan fingerprint density at radius 1 is 1.09 bits per heavy atom. The number of nitrogens with zero attached hydrogens (tertiary/aromatic N) is 2. The van der Waals surface area contributed by atoms with Crippen molar-refractivity contribution >= 4 is 11.3 Å². The summed E-state index contributed by atoms with van der Waals surface area (Å²) in [6.07, 6.45) is 1.40. The molecule has 0 aliphatic heterocycles. The zero-order valence-electron chi connectivity index (χ0n) is 12.4. The topological polar surface area (TPSA) is 69.8 Å². The zero-order valence-corrected chi connectivity index (χ0v) is 12.4. The zero-order chi connectivity index (χ0) is 16.2. The van der Waals surface area contributed by atoms with Crippen molar-refractivity contribution in [3.05, 3.63) is 54.9 Å². The number of aliphatic hydroxyl groups is 2.